The number of hydrogen-bond donors (Lipinski definition) is 8. The zero-order chi connectivity index (χ0) is 22.7. The Morgan fingerprint density at radius 1 is 1.00 bits per heavy atom. The number of carboxylic acid groups (broad SMARTS) is 1. The van der Waals surface area contributed by atoms with E-state index in [4.69, 9.17) is 21.7 Å². The second kappa shape index (κ2) is 13.0. The lowest BCUT2D eigenvalue weighted by molar-refractivity contribution is -0.143. The minimum absolute atomic E-state index is 0.135. The number of amides is 4. The Morgan fingerprint density at radius 3 is 1.97 bits per heavy atom. The first-order valence-corrected chi connectivity index (χ1v) is 9.51. The predicted octanol–water partition coefficient (Wildman–Crippen LogP) is -3.30. The molecule has 0 rings (SSSR count). The third kappa shape index (κ3) is 9.11. The van der Waals surface area contributed by atoms with Gasteiger partial charge >= 0.3 is 5.97 Å². The van der Waals surface area contributed by atoms with Crippen LogP contribution in [0.3, 0.4) is 0 Å². The molecule has 12 nitrogen and oxygen atoms in total. The number of carbonyl (C=O) groups excluding carboxylic acids is 4. The highest BCUT2D eigenvalue weighted by Crippen LogP contribution is 2.09. The molecule has 0 aromatic carbocycles. The number of primary amides is 1. The third-order valence-electron chi connectivity index (χ3n) is 4.16. The normalized spacial score (nSPS) is 15.9. The van der Waals surface area contributed by atoms with Gasteiger partial charge in [-0.2, -0.15) is 12.6 Å². The Labute approximate surface area is 173 Å². The molecule has 13 heteroatoms. The molecule has 0 bridgehead atoms. The average molecular weight is 436 g/mol. The summed E-state index contributed by atoms with van der Waals surface area (Å²) in [6, 6.07) is -5.08. The van der Waals surface area contributed by atoms with Crippen molar-refractivity contribution in [1.82, 2.24) is 16.0 Å². The van der Waals surface area contributed by atoms with Crippen LogP contribution < -0.4 is 27.4 Å². The highest BCUT2D eigenvalue weighted by atomic mass is 32.1. The molecule has 0 radical (unpaired) electrons. The molecule has 166 valence electrons. The summed E-state index contributed by atoms with van der Waals surface area (Å²) >= 11 is 3.99. The number of aliphatic carboxylic acids is 1. The van der Waals surface area contributed by atoms with E-state index in [0.29, 0.717) is 6.42 Å². The number of carboxylic acids is 1. The summed E-state index contributed by atoms with van der Waals surface area (Å²) in [4.78, 5) is 58.8. The summed E-state index contributed by atoms with van der Waals surface area (Å²) in [6.45, 7) is 2.60. The van der Waals surface area contributed by atoms with E-state index in [1.807, 2.05) is 0 Å². The number of nitrogens with one attached hydrogen (secondary N) is 3. The fourth-order valence-electron chi connectivity index (χ4n) is 2.19. The van der Waals surface area contributed by atoms with Gasteiger partial charge in [0.15, 0.2) is 0 Å². The number of hydrogen-bond acceptors (Lipinski definition) is 8. The van der Waals surface area contributed by atoms with Gasteiger partial charge in [0.1, 0.15) is 18.1 Å². The molecular formula is C16H29N5O7S. The second-order valence-corrected chi connectivity index (χ2v) is 6.84. The van der Waals surface area contributed by atoms with Crippen LogP contribution in [0, 0.1) is 5.92 Å². The Balaban J connectivity index is 5.23. The van der Waals surface area contributed by atoms with Crippen molar-refractivity contribution in [2.75, 3.05) is 12.4 Å². The van der Waals surface area contributed by atoms with Crippen LogP contribution in [0.1, 0.15) is 26.7 Å². The molecule has 5 unspecified atom stereocenters. The Bertz CT molecular complexity index is 618. The number of thiol groups is 1. The maximum atomic E-state index is 12.5. The summed E-state index contributed by atoms with van der Waals surface area (Å²) in [6.07, 6.45) is 0.0546. The van der Waals surface area contributed by atoms with Gasteiger partial charge in [-0.25, -0.2) is 4.79 Å². The summed E-state index contributed by atoms with van der Waals surface area (Å²) < 4.78 is 0. The predicted molar refractivity (Wildman–Crippen MR) is 106 cm³/mol. The van der Waals surface area contributed by atoms with E-state index in [-0.39, 0.29) is 11.7 Å². The highest BCUT2D eigenvalue weighted by Gasteiger charge is 2.32. The van der Waals surface area contributed by atoms with Gasteiger partial charge in [-0.05, 0) is 5.92 Å². The third-order valence-corrected chi connectivity index (χ3v) is 4.53. The smallest absolute Gasteiger partial charge is 0.328 e. The lowest BCUT2D eigenvalue weighted by atomic mass is 9.97. The molecule has 0 aromatic rings. The van der Waals surface area contributed by atoms with Gasteiger partial charge in [-0.3, -0.25) is 19.2 Å². The van der Waals surface area contributed by atoms with E-state index in [0.717, 1.165) is 0 Å². The van der Waals surface area contributed by atoms with Crippen molar-refractivity contribution in [3.63, 3.8) is 0 Å². The van der Waals surface area contributed by atoms with Crippen LogP contribution in [0.5, 0.6) is 0 Å². The highest BCUT2D eigenvalue weighted by molar-refractivity contribution is 7.80. The SMILES string of the molecule is CCC(C)C(NC(=O)C(CS)NC(=O)C(N)CC(N)=O)C(=O)NC(CO)C(=O)O. The first kappa shape index (κ1) is 26.6. The second-order valence-electron chi connectivity index (χ2n) is 6.47. The lowest BCUT2D eigenvalue weighted by Crippen LogP contribution is -2.59. The van der Waals surface area contributed by atoms with Crippen LogP contribution in [0.25, 0.3) is 0 Å². The van der Waals surface area contributed by atoms with Gasteiger partial charge in [-0.15, -0.1) is 0 Å². The van der Waals surface area contributed by atoms with Gasteiger partial charge in [0.2, 0.25) is 23.6 Å². The van der Waals surface area contributed by atoms with Crippen molar-refractivity contribution >= 4 is 42.2 Å². The Morgan fingerprint density at radius 2 is 1.55 bits per heavy atom. The molecule has 0 heterocycles. The Kier molecular flexibility index (Phi) is 11.9. The van der Waals surface area contributed by atoms with Crippen molar-refractivity contribution in [2.45, 2.75) is 50.9 Å². The number of aliphatic hydroxyl groups excluding tert-OH is 1. The molecule has 0 aliphatic heterocycles. The fraction of sp³-hybridized carbons (Fsp3) is 0.688. The number of rotatable bonds is 13. The van der Waals surface area contributed by atoms with Crippen LogP contribution in [0.4, 0.5) is 0 Å². The van der Waals surface area contributed by atoms with Crippen LogP contribution in [-0.2, 0) is 24.0 Å². The van der Waals surface area contributed by atoms with Crippen LogP contribution in [0.2, 0.25) is 0 Å². The van der Waals surface area contributed by atoms with Gasteiger partial charge in [0.25, 0.3) is 0 Å². The molecular weight excluding hydrogens is 406 g/mol. The fourth-order valence-corrected chi connectivity index (χ4v) is 2.44. The molecule has 0 spiro atoms. The zero-order valence-electron chi connectivity index (χ0n) is 16.3. The van der Waals surface area contributed by atoms with E-state index in [2.05, 4.69) is 28.6 Å². The lowest BCUT2D eigenvalue weighted by Gasteiger charge is -2.27. The quantitative estimate of drug-likeness (QED) is 0.137. The standard InChI is InChI=1S/C16H29N5O7S/c1-3-7(2)12(15(26)19-9(5-22)16(27)28)21-14(25)10(6-29)20-13(24)8(17)4-11(18)23/h7-10,12,22,29H,3-6,17H2,1-2H3,(H2,18,23)(H,19,26)(H,20,24)(H,21,25)(H,27,28). The van der Waals surface area contributed by atoms with Gasteiger partial charge in [-0.1, -0.05) is 20.3 Å². The summed E-state index contributed by atoms with van der Waals surface area (Å²) in [5.41, 5.74) is 10.5. The summed E-state index contributed by atoms with van der Waals surface area (Å²) in [5, 5.41) is 24.9. The van der Waals surface area contributed by atoms with Gasteiger partial charge < -0.3 is 37.6 Å². The topological polar surface area (TPSA) is 214 Å². The average Bonchev–Trinajstić information content (AvgIpc) is 2.66. The van der Waals surface area contributed by atoms with Crippen molar-refractivity contribution < 1.29 is 34.2 Å². The molecule has 5 atom stereocenters. The van der Waals surface area contributed by atoms with Crippen LogP contribution in [-0.4, -0.2) is 76.3 Å². The van der Waals surface area contributed by atoms with E-state index in [1.54, 1.807) is 13.8 Å². The molecule has 0 aromatic heterocycles. The summed E-state index contributed by atoms with van der Waals surface area (Å²) in [5.74, 6) is -5.10. The van der Waals surface area contributed by atoms with Crippen molar-refractivity contribution in [2.24, 2.45) is 17.4 Å². The largest absolute Gasteiger partial charge is 0.480 e. The minimum atomic E-state index is -1.53. The van der Waals surface area contributed by atoms with Crippen molar-refractivity contribution in [1.29, 1.82) is 0 Å². The minimum Gasteiger partial charge on any atom is -0.480 e. The first-order valence-electron chi connectivity index (χ1n) is 8.87. The van der Waals surface area contributed by atoms with Crippen molar-refractivity contribution in [3.8, 4) is 0 Å². The molecule has 0 saturated carbocycles. The van der Waals surface area contributed by atoms with Gasteiger partial charge in [0.05, 0.1) is 19.1 Å². The van der Waals surface area contributed by atoms with Gasteiger partial charge in [0, 0.05) is 5.75 Å². The molecule has 0 aliphatic carbocycles. The number of nitrogens with two attached hydrogens (primary N) is 2. The molecule has 9 N–H and O–H groups in total. The Hall–Kier alpha value is -2.38. The molecule has 29 heavy (non-hydrogen) atoms. The number of carbonyl (C=O) groups is 5. The molecule has 4 amide bonds. The molecule has 0 fully saturated rings. The number of aliphatic hydroxyl groups is 1. The first-order chi connectivity index (χ1) is 13.5. The monoisotopic (exact) mass is 435 g/mol. The van der Waals surface area contributed by atoms with Crippen LogP contribution >= 0.6 is 12.6 Å². The van der Waals surface area contributed by atoms with E-state index in [9.17, 15) is 24.0 Å². The van der Waals surface area contributed by atoms with E-state index >= 15 is 0 Å². The van der Waals surface area contributed by atoms with Crippen molar-refractivity contribution in [3.05, 3.63) is 0 Å². The summed E-state index contributed by atoms with van der Waals surface area (Å²) in [7, 11) is 0. The zero-order valence-corrected chi connectivity index (χ0v) is 17.1. The maximum absolute atomic E-state index is 12.5. The van der Waals surface area contributed by atoms with E-state index in [1.165, 1.54) is 0 Å². The molecule has 0 aliphatic rings. The van der Waals surface area contributed by atoms with E-state index < -0.39 is 66.8 Å². The molecule has 0 saturated heterocycles. The van der Waals surface area contributed by atoms with Crippen LogP contribution in [0.15, 0.2) is 0 Å². The maximum Gasteiger partial charge on any atom is 0.328 e.